The first-order chi connectivity index (χ1) is 9.81. The molecule has 10 heteroatoms. The summed E-state index contributed by atoms with van der Waals surface area (Å²) in [6.45, 7) is 3.89. The van der Waals surface area contributed by atoms with Crippen LogP contribution in [0.3, 0.4) is 0 Å². The Labute approximate surface area is 126 Å². The highest BCUT2D eigenvalue weighted by molar-refractivity contribution is 5.88. The summed E-state index contributed by atoms with van der Waals surface area (Å²) >= 11 is 0. The Morgan fingerprint density at radius 3 is 1.45 bits per heavy atom. The Hall–Kier alpha value is -2.20. The fourth-order valence-electron chi connectivity index (χ4n) is 1.32. The van der Waals surface area contributed by atoms with Crippen LogP contribution in [0.25, 0.3) is 0 Å². The standard InChI is InChI=1S/C6H13NO2.C6H8O7/c1-4(2)3-5(7)6(8)9;7-3(8)1-6(13,5(11)12)2-4(9)10/h4-5H,3,7H2,1-2H3,(H,8,9);13H,1-2H2,(H,7,8)(H,9,10)(H,11,12). The van der Waals surface area contributed by atoms with E-state index in [2.05, 4.69) is 0 Å². The van der Waals surface area contributed by atoms with Crippen molar-refractivity contribution in [3.8, 4) is 0 Å². The lowest BCUT2D eigenvalue weighted by Crippen LogP contribution is -2.42. The maximum atomic E-state index is 10.3. The van der Waals surface area contributed by atoms with Crippen LogP contribution in [0.15, 0.2) is 0 Å². The van der Waals surface area contributed by atoms with Crippen LogP contribution < -0.4 is 5.73 Å². The third-order valence-electron chi connectivity index (χ3n) is 2.33. The van der Waals surface area contributed by atoms with Gasteiger partial charge in [-0.3, -0.25) is 14.4 Å². The van der Waals surface area contributed by atoms with E-state index in [1.165, 1.54) is 0 Å². The summed E-state index contributed by atoms with van der Waals surface area (Å²) in [5, 5.41) is 42.1. The van der Waals surface area contributed by atoms with Gasteiger partial charge in [-0.05, 0) is 12.3 Å². The summed E-state index contributed by atoms with van der Waals surface area (Å²) in [7, 11) is 0. The molecule has 0 fully saturated rings. The summed E-state index contributed by atoms with van der Waals surface area (Å²) in [4.78, 5) is 40.6. The molecule has 0 aromatic rings. The van der Waals surface area contributed by atoms with E-state index in [-0.39, 0.29) is 0 Å². The molecule has 0 bridgehead atoms. The minimum Gasteiger partial charge on any atom is -0.481 e. The molecule has 1 unspecified atom stereocenters. The largest absolute Gasteiger partial charge is 0.481 e. The van der Waals surface area contributed by atoms with Crippen LogP contribution >= 0.6 is 0 Å². The second-order valence-electron chi connectivity index (χ2n) is 5.05. The van der Waals surface area contributed by atoms with Crippen LogP contribution in [0.4, 0.5) is 0 Å². The molecule has 10 nitrogen and oxygen atoms in total. The Morgan fingerprint density at radius 2 is 1.32 bits per heavy atom. The fourth-order valence-corrected chi connectivity index (χ4v) is 1.32. The molecule has 0 rings (SSSR count). The summed E-state index contributed by atoms with van der Waals surface area (Å²) in [6.07, 6.45) is -1.74. The Balaban J connectivity index is 0. The van der Waals surface area contributed by atoms with Gasteiger partial charge in [0.05, 0.1) is 12.8 Å². The summed E-state index contributed by atoms with van der Waals surface area (Å²) in [5.41, 5.74) is 2.48. The van der Waals surface area contributed by atoms with Crippen LogP contribution in [-0.4, -0.2) is 61.1 Å². The highest BCUT2D eigenvalue weighted by Gasteiger charge is 2.40. The average molecular weight is 323 g/mol. The lowest BCUT2D eigenvalue weighted by molar-refractivity contribution is -0.170. The second kappa shape index (κ2) is 9.68. The van der Waals surface area contributed by atoms with Crippen LogP contribution in [0.5, 0.6) is 0 Å². The maximum absolute atomic E-state index is 10.3. The molecule has 0 aromatic heterocycles. The zero-order valence-electron chi connectivity index (χ0n) is 12.2. The number of nitrogens with two attached hydrogens (primary N) is 1. The van der Waals surface area contributed by atoms with Gasteiger partial charge in [0.15, 0.2) is 5.60 Å². The molecule has 0 radical (unpaired) electrons. The quantitative estimate of drug-likeness (QED) is 0.329. The summed E-state index contributed by atoms with van der Waals surface area (Å²) < 4.78 is 0. The van der Waals surface area contributed by atoms with E-state index in [0.717, 1.165) is 0 Å². The minimum atomic E-state index is -2.74. The molecule has 128 valence electrons. The van der Waals surface area contributed by atoms with E-state index in [1.54, 1.807) is 0 Å². The van der Waals surface area contributed by atoms with E-state index < -0.39 is 48.4 Å². The Morgan fingerprint density at radius 1 is 0.955 bits per heavy atom. The molecule has 0 saturated carbocycles. The zero-order chi connectivity index (χ0) is 18.1. The third kappa shape index (κ3) is 10.6. The molecule has 0 amide bonds. The molecule has 1 atom stereocenters. The average Bonchev–Trinajstić information content (AvgIpc) is 2.25. The topological polar surface area (TPSA) is 195 Å². The number of aliphatic carboxylic acids is 4. The van der Waals surface area contributed by atoms with Crippen molar-refractivity contribution >= 4 is 23.9 Å². The van der Waals surface area contributed by atoms with Gasteiger partial charge in [0.25, 0.3) is 0 Å². The highest BCUT2D eigenvalue weighted by atomic mass is 16.4. The van der Waals surface area contributed by atoms with Crippen molar-refractivity contribution in [1.82, 2.24) is 0 Å². The van der Waals surface area contributed by atoms with Crippen LogP contribution in [0.1, 0.15) is 33.1 Å². The van der Waals surface area contributed by atoms with Crippen molar-refractivity contribution in [2.45, 2.75) is 44.8 Å². The number of hydrogen-bond acceptors (Lipinski definition) is 6. The van der Waals surface area contributed by atoms with Crippen molar-refractivity contribution in [2.24, 2.45) is 11.7 Å². The first-order valence-corrected chi connectivity index (χ1v) is 6.19. The minimum absolute atomic E-state index is 0.357. The van der Waals surface area contributed by atoms with Crippen molar-refractivity contribution in [3.63, 3.8) is 0 Å². The maximum Gasteiger partial charge on any atom is 0.336 e. The monoisotopic (exact) mass is 323 g/mol. The number of carbonyl (C=O) groups is 4. The Kier molecular flexibility index (Phi) is 9.72. The number of hydrogen-bond donors (Lipinski definition) is 6. The van der Waals surface area contributed by atoms with Crippen molar-refractivity contribution in [2.75, 3.05) is 0 Å². The van der Waals surface area contributed by atoms with Crippen molar-refractivity contribution in [1.29, 1.82) is 0 Å². The molecule has 0 aliphatic heterocycles. The van der Waals surface area contributed by atoms with Gasteiger partial charge in [0.2, 0.25) is 0 Å². The number of carboxylic acid groups (broad SMARTS) is 4. The molecule has 0 aromatic carbocycles. The molecule has 22 heavy (non-hydrogen) atoms. The third-order valence-corrected chi connectivity index (χ3v) is 2.33. The SMILES string of the molecule is CC(C)CC(N)C(=O)O.O=C(O)CC(O)(CC(=O)O)C(=O)O. The van der Waals surface area contributed by atoms with Crippen LogP contribution in [0, 0.1) is 5.92 Å². The normalized spacial score (nSPS) is 12.0. The Bertz CT molecular complexity index is 403. The van der Waals surface area contributed by atoms with Gasteiger partial charge in [-0.2, -0.15) is 0 Å². The lowest BCUT2D eigenvalue weighted by Gasteiger charge is -2.18. The van der Waals surface area contributed by atoms with E-state index in [4.69, 9.17) is 31.3 Å². The zero-order valence-corrected chi connectivity index (χ0v) is 12.2. The lowest BCUT2D eigenvalue weighted by atomic mass is 9.96. The molecule has 0 aliphatic rings. The first kappa shape index (κ1) is 22.1. The van der Waals surface area contributed by atoms with Crippen molar-refractivity contribution < 1.29 is 44.7 Å². The predicted molar refractivity (Wildman–Crippen MR) is 72.2 cm³/mol. The summed E-state index contributed by atoms with van der Waals surface area (Å²) in [5.74, 6) is -5.57. The number of rotatable bonds is 8. The van der Waals surface area contributed by atoms with Gasteiger partial charge in [-0.25, -0.2) is 4.79 Å². The molecule has 0 heterocycles. The molecular formula is C12H21NO9. The van der Waals surface area contributed by atoms with Gasteiger partial charge < -0.3 is 31.3 Å². The summed E-state index contributed by atoms with van der Waals surface area (Å²) in [6, 6.07) is -0.690. The molecule has 0 saturated heterocycles. The molecule has 0 aliphatic carbocycles. The van der Waals surface area contributed by atoms with E-state index in [9.17, 15) is 19.2 Å². The van der Waals surface area contributed by atoms with Crippen LogP contribution in [0.2, 0.25) is 0 Å². The van der Waals surface area contributed by atoms with Crippen LogP contribution in [-0.2, 0) is 19.2 Å². The highest BCUT2D eigenvalue weighted by Crippen LogP contribution is 2.15. The molecular weight excluding hydrogens is 302 g/mol. The van der Waals surface area contributed by atoms with Gasteiger partial charge >= 0.3 is 23.9 Å². The fraction of sp³-hybridized carbons (Fsp3) is 0.667. The van der Waals surface area contributed by atoms with Gasteiger partial charge in [0.1, 0.15) is 6.04 Å². The van der Waals surface area contributed by atoms with E-state index >= 15 is 0 Å². The van der Waals surface area contributed by atoms with Crippen molar-refractivity contribution in [3.05, 3.63) is 0 Å². The van der Waals surface area contributed by atoms with E-state index in [1.807, 2.05) is 13.8 Å². The van der Waals surface area contributed by atoms with E-state index in [0.29, 0.717) is 12.3 Å². The molecule has 0 spiro atoms. The van der Waals surface area contributed by atoms with Gasteiger partial charge in [0, 0.05) is 0 Å². The second-order valence-corrected chi connectivity index (χ2v) is 5.05. The van der Waals surface area contributed by atoms with Gasteiger partial charge in [-0.15, -0.1) is 0 Å². The van der Waals surface area contributed by atoms with Gasteiger partial charge in [-0.1, -0.05) is 13.8 Å². The predicted octanol–water partition coefficient (Wildman–Crippen LogP) is -0.804. The number of carboxylic acids is 4. The molecule has 7 N–H and O–H groups in total. The first-order valence-electron chi connectivity index (χ1n) is 6.19. The number of aliphatic hydroxyl groups is 1. The smallest absolute Gasteiger partial charge is 0.336 e.